The molecule has 0 bridgehead atoms. The number of hydrogen-bond donors (Lipinski definition) is 0. The van der Waals surface area contributed by atoms with Crippen LogP contribution in [0.1, 0.15) is 6.92 Å². The summed E-state index contributed by atoms with van der Waals surface area (Å²) in [4.78, 5) is 9.18. The van der Waals surface area contributed by atoms with Crippen molar-refractivity contribution in [1.82, 2.24) is 0 Å². The van der Waals surface area contributed by atoms with Gasteiger partial charge in [-0.25, -0.2) is 4.79 Å². The van der Waals surface area contributed by atoms with Gasteiger partial charge in [0.1, 0.15) is 0 Å². The van der Waals surface area contributed by atoms with Gasteiger partial charge in [0.05, 0.1) is 0 Å². The minimum absolute atomic E-state index is 0.199. The molecule has 0 aromatic heterocycles. The Morgan fingerprint density at radius 3 is 2.50 bits per heavy atom. The highest BCUT2D eigenvalue weighted by molar-refractivity contribution is 7.80. The van der Waals surface area contributed by atoms with Gasteiger partial charge in [-0.2, -0.15) is 0 Å². The van der Waals surface area contributed by atoms with Crippen LogP contribution in [-0.2, 0) is 9.53 Å². The minimum Gasteiger partial charge on any atom is -0.411 e. The van der Waals surface area contributed by atoms with Crippen LogP contribution in [0.5, 0.6) is 0 Å². The van der Waals surface area contributed by atoms with E-state index in [9.17, 15) is 4.79 Å². The molecule has 0 aromatic rings. The average Bonchev–Trinajstić information content (AvgIpc) is 1.35. The second-order valence-electron chi connectivity index (χ2n) is 0.677. The summed E-state index contributed by atoms with van der Waals surface area (Å²) in [5, 5.41) is 0.199. The molecule has 33 valence electrons. The van der Waals surface area contributed by atoms with Gasteiger partial charge in [-0.3, -0.25) is 0 Å². The van der Waals surface area contributed by atoms with Gasteiger partial charge in [0.2, 0.25) is 0 Å². The lowest BCUT2D eigenvalue weighted by Crippen LogP contribution is -1.89. The Bertz CT molecular complexity index is 69.2. The molecule has 0 heterocycles. The maximum absolute atomic E-state index is 9.18. The van der Waals surface area contributed by atoms with E-state index in [1.165, 1.54) is 13.4 Å². The minimum atomic E-state index is 0.199. The second-order valence-corrected chi connectivity index (χ2v) is 1.25. The van der Waals surface area contributed by atoms with Crippen LogP contribution >= 0.6 is 12.2 Å². The van der Waals surface area contributed by atoms with Crippen molar-refractivity contribution in [2.24, 2.45) is 0 Å². The summed E-state index contributed by atoms with van der Waals surface area (Å²) in [6.45, 7) is 2.68. The smallest absolute Gasteiger partial charge is 0.411 e. The fraction of sp³-hybridized carbons (Fsp3) is 0.333. The summed E-state index contributed by atoms with van der Waals surface area (Å²) in [6, 6.07) is 0. The maximum Gasteiger partial charge on any atom is 0.423 e. The standard InChI is InChI=1S/C3H3O2S/c1-3(6)5-2-4/h1H3. The number of thiocarbonyl (C=S) groups is 1. The highest BCUT2D eigenvalue weighted by atomic mass is 32.1. The first kappa shape index (κ1) is 5.56. The highest BCUT2D eigenvalue weighted by Gasteiger charge is 1.78. The van der Waals surface area contributed by atoms with E-state index < -0.39 is 0 Å². The molecule has 3 heteroatoms. The fourth-order valence-electron chi connectivity index (χ4n) is 0.0587. The van der Waals surface area contributed by atoms with Gasteiger partial charge in [-0.15, -0.1) is 0 Å². The first-order valence-electron chi connectivity index (χ1n) is 1.32. The summed E-state index contributed by atoms with van der Waals surface area (Å²) in [6.07, 6.45) is 0. The predicted octanol–water partition coefficient (Wildman–Crippen LogP) is 0.417. The Labute approximate surface area is 41.1 Å². The van der Waals surface area contributed by atoms with E-state index in [1.54, 1.807) is 0 Å². The van der Waals surface area contributed by atoms with E-state index in [-0.39, 0.29) is 5.05 Å². The lowest BCUT2D eigenvalue weighted by atomic mass is 10.9. The van der Waals surface area contributed by atoms with E-state index in [1.807, 2.05) is 0 Å². The van der Waals surface area contributed by atoms with Crippen molar-refractivity contribution in [3.63, 3.8) is 0 Å². The Morgan fingerprint density at radius 1 is 2.00 bits per heavy atom. The molecule has 0 fully saturated rings. The SMILES string of the molecule is CC(=S)O[C]=O. The molecular formula is C3H3O2S. The molecule has 0 saturated carbocycles. The molecule has 0 atom stereocenters. The molecule has 0 aliphatic heterocycles. The van der Waals surface area contributed by atoms with Gasteiger partial charge in [-0.05, 0) is 12.2 Å². The number of rotatable bonds is 1. The Hall–Kier alpha value is -0.440. The third-order valence-corrected chi connectivity index (χ3v) is 0.269. The first-order chi connectivity index (χ1) is 2.77. The average molecular weight is 103 g/mol. The first-order valence-corrected chi connectivity index (χ1v) is 1.72. The van der Waals surface area contributed by atoms with E-state index in [2.05, 4.69) is 17.0 Å². The Morgan fingerprint density at radius 2 is 2.50 bits per heavy atom. The predicted molar refractivity (Wildman–Crippen MR) is 25.1 cm³/mol. The number of carbonyl (C=O) groups excluding carboxylic acids is 1. The summed E-state index contributed by atoms with van der Waals surface area (Å²) < 4.78 is 3.97. The summed E-state index contributed by atoms with van der Waals surface area (Å²) in [5.41, 5.74) is 0. The van der Waals surface area contributed by atoms with Crippen LogP contribution in [0.25, 0.3) is 0 Å². The molecule has 2 nitrogen and oxygen atoms in total. The highest BCUT2D eigenvalue weighted by Crippen LogP contribution is 1.70. The lowest BCUT2D eigenvalue weighted by molar-refractivity contribution is 0.442. The maximum atomic E-state index is 9.18. The van der Waals surface area contributed by atoms with Gasteiger partial charge in [0.15, 0.2) is 5.05 Å². The summed E-state index contributed by atoms with van der Waals surface area (Å²) >= 11 is 4.31. The second kappa shape index (κ2) is 2.78. The Balaban J connectivity index is 3.05. The van der Waals surface area contributed by atoms with Crippen LogP contribution in [-0.4, -0.2) is 11.5 Å². The van der Waals surface area contributed by atoms with Crippen molar-refractivity contribution in [3.05, 3.63) is 0 Å². The molecular weight excluding hydrogens is 100 g/mol. The van der Waals surface area contributed by atoms with E-state index in [0.717, 1.165) is 0 Å². The molecule has 6 heavy (non-hydrogen) atoms. The molecule has 0 spiro atoms. The zero-order valence-corrected chi connectivity index (χ0v) is 4.04. The molecule has 0 aliphatic rings. The largest absolute Gasteiger partial charge is 0.423 e. The number of hydrogen-bond acceptors (Lipinski definition) is 3. The van der Waals surface area contributed by atoms with Gasteiger partial charge >= 0.3 is 6.47 Å². The summed E-state index contributed by atoms with van der Waals surface area (Å²) in [5.74, 6) is 0. The lowest BCUT2D eigenvalue weighted by Gasteiger charge is -1.81. The van der Waals surface area contributed by atoms with E-state index in [4.69, 9.17) is 0 Å². The van der Waals surface area contributed by atoms with Crippen LogP contribution in [0.4, 0.5) is 0 Å². The van der Waals surface area contributed by atoms with Gasteiger partial charge in [0.25, 0.3) is 0 Å². The zero-order chi connectivity index (χ0) is 4.99. The topological polar surface area (TPSA) is 26.3 Å². The zero-order valence-electron chi connectivity index (χ0n) is 3.22. The molecule has 0 unspecified atom stereocenters. The molecule has 0 saturated heterocycles. The van der Waals surface area contributed by atoms with Gasteiger partial charge in [0, 0.05) is 6.92 Å². The van der Waals surface area contributed by atoms with Gasteiger partial charge < -0.3 is 4.74 Å². The van der Waals surface area contributed by atoms with Crippen LogP contribution < -0.4 is 0 Å². The van der Waals surface area contributed by atoms with Crippen LogP contribution in [0.15, 0.2) is 0 Å². The van der Waals surface area contributed by atoms with Crippen molar-refractivity contribution >= 4 is 23.7 Å². The number of ether oxygens (including phenoxy) is 1. The van der Waals surface area contributed by atoms with Crippen molar-refractivity contribution < 1.29 is 9.53 Å². The molecule has 0 rings (SSSR count). The van der Waals surface area contributed by atoms with Crippen molar-refractivity contribution in [2.45, 2.75) is 6.92 Å². The van der Waals surface area contributed by atoms with Gasteiger partial charge in [-0.1, -0.05) is 0 Å². The summed E-state index contributed by atoms with van der Waals surface area (Å²) in [7, 11) is 0. The monoisotopic (exact) mass is 103 g/mol. The molecule has 0 N–H and O–H groups in total. The third-order valence-electron chi connectivity index (χ3n) is 0.185. The normalized spacial score (nSPS) is 6.83. The third kappa shape index (κ3) is 3.56. The van der Waals surface area contributed by atoms with Crippen LogP contribution in [0.3, 0.4) is 0 Å². The van der Waals surface area contributed by atoms with E-state index in [0.29, 0.717) is 0 Å². The van der Waals surface area contributed by atoms with Crippen LogP contribution in [0, 0.1) is 0 Å². The Kier molecular flexibility index (Phi) is 2.58. The molecule has 0 aliphatic carbocycles. The fourth-order valence-corrected chi connectivity index (χ4v) is 0.0927. The van der Waals surface area contributed by atoms with Crippen molar-refractivity contribution in [2.75, 3.05) is 0 Å². The van der Waals surface area contributed by atoms with E-state index >= 15 is 0 Å². The molecule has 0 amide bonds. The van der Waals surface area contributed by atoms with Crippen molar-refractivity contribution in [3.8, 4) is 0 Å². The van der Waals surface area contributed by atoms with Crippen LogP contribution in [0.2, 0.25) is 0 Å². The van der Waals surface area contributed by atoms with Crippen molar-refractivity contribution in [1.29, 1.82) is 0 Å². The molecule has 1 radical (unpaired) electrons. The molecule has 0 aromatic carbocycles. The quantitative estimate of drug-likeness (QED) is 0.450.